The number of aromatic nitrogens is 2. The Balaban J connectivity index is 0.000000192. The van der Waals surface area contributed by atoms with Crippen LogP contribution in [-0.2, 0) is 4.84 Å². The highest BCUT2D eigenvalue weighted by molar-refractivity contribution is 6.31. The van der Waals surface area contributed by atoms with Crippen LogP contribution in [0.5, 0.6) is 0 Å². The zero-order chi connectivity index (χ0) is 24.7. The first-order valence-corrected chi connectivity index (χ1v) is 12.0. The molecule has 0 bridgehead atoms. The van der Waals surface area contributed by atoms with E-state index in [9.17, 15) is 9.59 Å². The number of Topliss-reactive ketones (excluding diaryl/α,β-unsaturated/α-hetero) is 1. The van der Waals surface area contributed by atoms with E-state index >= 15 is 0 Å². The molecule has 6 nitrogen and oxygen atoms in total. The van der Waals surface area contributed by atoms with Gasteiger partial charge in [-0.3, -0.25) is 14.4 Å². The first-order chi connectivity index (χ1) is 16.3. The number of rotatable bonds is 8. The quantitative estimate of drug-likeness (QED) is 0.149. The zero-order valence-corrected chi connectivity index (χ0v) is 21.1. The Kier molecular flexibility index (Phi) is 9.16. The molecule has 180 valence electrons. The van der Waals surface area contributed by atoms with E-state index < -0.39 is 0 Å². The van der Waals surface area contributed by atoms with Gasteiger partial charge in [-0.05, 0) is 55.0 Å². The van der Waals surface area contributed by atoms with E-state index in [1.54, 1.807) is 25.2 Å². The van der Waals surface area contributed by atoms with Gasteiger partial charge in [-0.25, -0.2) is 5.06 Å². The summed E-state index contributed by atoms with van der Waals surface area (Å²) in [7, 11) is 3.00. The van der Waals surface area contributed by atoms with Crippen molar-refractivity contribution in [2.75, 3.05) is 14.2 Å². The molecule has 0 radical (unpaired) electrons. The van der Waals surface area contributed by atoms with Gasteiger partial charge in [0.1, 0.15) is 5.69 Å². The first-order valence-electron chi connectivity index (χ1n) is 11.2. The van der Waals surface area contributed by atoms with Crippen LogP contribution in [-0.4, -0.2) is 40.9 Å². The van der Waals surface area contributed by atoms with Crippen LogP contribution in [0.2, 0.25) is 10.0 Å². The van der Waals surface area contributed by atoms with Crippen molar-refractivity contribution in [3.8, 4) is 0 Å². The summed E-state index contributed by atoms with van der Waals surface area (Å²) < 4.78 is 0. The number of fused-ring (bicyclic) bond motifs is 2. The van der Waals surface area contributed by atoms with E-state index in [4.69, 9.17) is 28.0 Å². The lowest BCUT2D eigenvalue weighted by molar-refractivity contribution is -0.0759. The normalized spacial score (nSPS) is 10.9. The summed E-state index contributed by atoms with van der Waals surface area (Å²) in [6.45, 7) is 2.17. The molecule has 0 saturated heterocycles. The van der Waals surface area contributed by atoms with Crippen LogP contribution in [0.25, 0.3) is 21.8 Å². The van der Waals surface area contributed by atoms with Crippen LogP contribution in [0.15, 0.2) is 48.5 Å². The van der Waals surface area contributed by atoms with E-state index in [0.29, 0.717) is 27.9 Å². The Labute approximate surface area is 209 Å². The van der Waals surface area contributed by atoms with Gasteiger partial charge < -0.3 is 9.97 Å². The van der Waals surface area contributed by atoms with Gasteiger partial charge in [-0.1, -0.05) is 49.4 Å². The van der Waals surface area contributed by atoms with Gasteiger partial charge in [0.15, 0.2) is 5.78 Å². The third kappa shape index (κ3) is 6.63. The number of amides is 1. The molecule has 1 amide bonds. The maximum atomic E-state index is 12.0. The van der Waals surface area contributed by atoms with Crippen LogP contribution >= 0.6 is 23.2 Å². The van der Waals surface area contributed by atoms with Gasteiger partial charge in [0.2, 0.25) is 0 Å². The molecule has 0 saturated carbocycles. The van der Waals surface area contributed by atoms with Crippen LogP contribution in [0.3, 0.4) is 0 Å². The van der Waals surface area contributed by atoms with Gasteiger partial charge >= 0.3 is 0 Å². The van der Waals surface area contributed by atoms with Gasteiger partial charge in [-0.2, -0.15) is 0 Å². The summed E-state index contributed by atoms with van der Waals surface area (Å²) in [5, 5.41) is 4.40. The second-order valence-electron chi connectivity index (χ2n) is 8.05. The molecule has 4 aromatic rings. The molecular weight excluding hydrogens is 473 g/mol. The number of nitrogens with zero attached hydrogens (tertiary/aromatic N) is 1. The van der Waals surface area contributed by atoms with Gasteiger partial charge in [0.05, 0.1) is 12.8 Å². The third-order valence-corrected chi connectivity index (χ3v) is 5.98. The Morgan fingerprint density at radius 3 is 1.97 bits per heavy atom. The molecule has 34 heavy (non-hydrogen) atoms. The number of unbranched alkanes of at least 4 members (excludes halogenated alkanes) is 3. The van der Waals surface area contributed by atoms with Crippen LogP contribution in [0, 0.1) is 0 Å². The number of benzene rings is 2. The average Bonchev–Trinajstić information content (AvgIpc) is 3.44. The fraction of sp³-hybridized carbons (Fsp3) is 0.308. The van der Waals surface area contributed by atoms with Crippen LogP contribution in [0.4, 0.5) is 0 Å². The predicted octanol–water partition coefficient (Wildman–Crippen LogP) is 7.43. The molecule has 0 fully saturated rings. The van der Waals surface area contributed by atoms with E-state index in [0.717, 1.165) is 39.7 Å². The highest BCUT2D eigenvalue weighted by Gasteiger charge is 2.14. The van der Waals surface area contributed by atoms with Crippen molar-refractivity contribution in [1.82, 2.24) is 15.0 Å². The van der Waals surface area contributed by atoms with Crippen molar-refractivity contribution in [2.24, 2.45) is 0 Å². The van der Waals surface area contributed by atoms with Gasteiger partial charge in [-0.15, -0.1) is 0 Å². The standard InChI is InChI=1S/C15H18ClNO.C11H11ClN2O2/c1-2-3-4-5-6-15(18)14-10-11-9-12(16)7-8-13(11)17-14;1-14(16-2)11(15)10-6-7-5-8(12)3-4-9(7)13-10/h7-10,17H,2-6H2,1H3;3-6,13H,1-2H3. The van der Waals surface area contributed by atoms with Crippen molar-refractivity contribution in [2.45, 2.75) is 39.0 Å². The number of aromatic amines is 2. The Morgan fingerprint density at radius 1 is 0.853 bits per heavy atom. The maximum absolute atomic E-state index is 12.0. The number of nitrogens with one attached hydrogen (secondary N) is 2. The fourth-order valence-electron chi connectivity index (χ4n) is 3.57. The third-order valence-electron chi connectivity index (χ3n) is 5.51. The van der Waals surface area contributed by atoms with Crippen LogP contribution < -0.4 is 0 Å². The van der Waals surface area contributed by atoms with E-state index in [1.165, 1.54) is 20.0 Å². The van der Waals surface area contributed by atoms with Crippen LogP contribution in [0.1, 0.15) is 60.0 Å². The first kappa shape index (κ1) is 25.8. The zero-order valence-electron chi connectivity index (χ0n) is 19.6. The lowest BCUT2D eigenvalue weighted by atomic mass is 10.1. The number of hydrogen-bond donors (Lipinski definition) is 2. The Bertz CT molecular complexity index is 1280. The number of hydroxylamine groups is 2. The summed E-state index contributed by atoms with van der Waals surface area (Å²) in [4.78, 5) is 34.8. The molecule has 0 unspecified atom stereocenters. The summed E-state index contributed by atoms with van der Waals surface area (Å²) in [5.41, 5.74) is 3.01. The molecule has 0 aliphatic carbocycles. The molecular formula is C26H29Cl2N3O3. The van der Waals surface area contributed by atoms with Crippen molar-refractivity contribution < 1.29 is 14.4 Å². The van der Waals surface area contributed by atoms with E-state index in [1.807, 2.05) is 30.3 Å². The molecule has 0 aliphatic heterocycles. The number of H-pyrrole nitrogens is 2. The minimum absolute atomic E-state index is 0.193. The number of hydrogen-bond acceptors (Lipinski definition) is 3. The highest BCUT2D eigenvalue weighted by atomic mass is 35.5. The van der Waals surface area contributed by atoms with Crippen molar-refractivity contribution in [1.29, 1.82) is 0 Å². The predicted molar refractivity (Wildman–Crippen MR) is 139 cm³/mol. The lowest BCUT2D eigenvalue weighted by Gasteiger charge is -2.11. The molecule has 4 rings (SSSR count). The smallest absolute Gasteiger partial charge is 0.293 e. The van der Waals surface area contributed by atoms with Crippen molar-refractivity contribution in [3.05, 3.63) is 70.0 Å². The summed E-state index contributed by atoms with van der Waals surface area (Å²) in [5.74, 6) is -0.0340. The Morgan fingerprint density at radius 2 is 1.41 bits per heavy atom. The molecule has 2 aromatic carbocycles. The second-order valence-corrected chi connectivity index (χ2v) is 8.92. The summed E-state index contributed by atoms with van der Waals surface area (Å²) >= 11 is 11.8. The highest BCUT2D eigenvalue weighted by Crippen LogP contribution is 2.22. The largest absolute Gasteiger partial charge is 0.352 e. The molecule has 0 atom stereocenters. The topological polar surface area (TPSA) is 78.2 Å². The van der Waals surface area contributed by atoms with Crippen molar-refractivity contribution in [3.63, 3.8) is 0 Å². The number of halogens is 2. The summed E-state index contributed by atoms with van der Waals surface area (Å²) in [6.07, 6.45) is 5.13. The number of carbonyl (C=O) groups excluding carboxylic acids is 2. The Hall–Kier alpha value is -2.80. The summed E-state index contributed by atoms with van der Waals surface area (Å²) in [6, 6.07) is 14.7. The average molecular weight is 502 g/mol. The molecule has 2 aromatic heterocycles. The molecule has 0 aliphatic rings. The SMILES string of the molecule is CCCCCCC(=O)c1cc2cc(Cl)ccc2[nH]1.CON(C)C(=O)c1cc2cc(Cl)ccc2[nH]1. The van der Waals surface area contributed by atoms with E-state index in [-0.39, 0.29) is 11.7 Å². The lowest BCUT2D eigenvalue weighted by Crippen LogP contribution is -2.25. The molecule has 2 heterocycles. The van der Waals surface area contributed by atoms with Gasteiger partial charge in [0, 0.05) is 45.3 Å². The molecule has 0 spiro atoms. The molecule has 2 N–H and O–H groups in total. The minimum Gasteiger partial charge on any atom is -0.352 e. The molecule has 8 heteroatoms. The van der Waals surface area contributed by atoms with E-state index in [2.05, 4.69) is 16.9 Å². The van der Waals surface area contributed by atoms with Crippen molar-refractivity contribution >= 4 is 56.7 Å². The fourth-order valence-corrected chi connectivity index (χ4v) is 3.93. The van der Waals surface area contributed by atoms with Gasteiger partial charge in [0.25, 0.3) is 5.91 Å². The number of carbonyl (C=O) groups is 2. The maximum Gasteiger partial charge on any atom is 0.293 e. The second kappa shape index (κ2) is 12.1. The monoisotopic (exact) mass is 501 g/mol. The minimum atomic E-state index is -0.227. The number of ketones is 1.